The van der Waals surface area contributed by atoms with Crippen LogP contribution in [0.25, 0.3) is 22.2 Å². The van der Waals surface area contributed by atoms with Crippen LogP contribution in [-0.2, 0) is 13.0 Å². The summed E-state index contributed by atoms with van der Waals surface area (Å²) >= 11 is 0. The highest BCUT2D eigenvalue weighted by molar-refractivity contribution is 7.59. The van der Waals surface area contributed by atoms with Gasteiger partial charge in [-0.1, -0.05) is 37.3 Å². The highest BCUT2D eigenvalue weighted by atomic mass is 32.1. The number of nitrogens with zero attached hydrogens (tertiary/aromatic N) is 3. The minimum Gasteiger partial charge on any atom is -0.369 e. The molecule has 0 fully saturated rings. The number of anilines is 1. The van der Waals surface area contributed by atoms with Gasteiger partial charge in [0.25, 0.3) is 5.91 Å². The van der Waals surface area contributed by atoms with Gasteiger partial charge in [0.2, 0.25) is 0 Å². The van der Waals surface area contributed by atoms with Gasteiger partial charge >= 0.3 is 0 Å². The quantitative estimate of drug-likeness (QED) is 0.381. The van der Waals surface area contributed by atoms with E-state index in [1.807, 2.05) is 18.2 Å². The highest BCUT2D eigenvalue weighted by Gasteiger charge is 2.16. The SMILES string of the molecule is CNC(=O)c1ccnc2c([C@H](C)CNc3cc(-c4ccc5c(c4)CCNC5)ncn3)cccc12.S. The van der Waals surface area contributed by atoms with E-state index in [0.717, 1.165) is 53.1 Å². The van der Waals surface area contributed by atoms with E-state index in [9.17, 15) is 4.79 Å². The van der Waals surface area contributed by atoms with Crippen molar-refractivity contribution in [2.24, 2.45) is 0 Å². The monoisotopic (exact) mass is 486 g/mol. The summed E-state index contributed by atoms with van der Waals surface area (Å²) in [6, 6.07) is 16.3. The normalized spacial score (nSPS) is 13.4. The molecule has 35 heavy (non-hydrogen) atoms. The summed E-state index contributed by atoms with van der Waals surface area (Å²) in [5.74, 6) is 0.837. The summed E-state index contributed by atoms with van der Waals surface area (Å²) in [6.07, 6.45) is 4.35. The number of hydrogen-bond acceptors (Lipinski definition) is 6. The van der Waals surface area contributed by atoms with Crippen molar-refractivity contribution in [2.75, 3.05) is 25.5 Å². The number of hydrogen-bond donors (Lipinski definition) is 3. The zero-order chi connectivity index (χ0) is 23.5. The van der Waals surface area contributed by atoms with Crippen LogP contribution in [0.2, 0.25) is 0 Å². The maximum atomic E-state index is 12.3. The molecular weight excluding hydrogens is 456 g/mol. The van der Waals surface area contributed by atoms with Crippen molar-refractivity contribution in [3.8, 4) is 11.3 Å². The predicted molar refractivity (Wildman–Crippen MR) is 145 cm³/mol. The van der Waals surface area contributed by atoms with Crippen LogP contribution in [0.15, 0.2) is 61.1 Å². The van der Waals surface area contributed by atoms with E-state index in [4.69, 9.17) is 0 Å². The van der Waals surface area contributed by atoms with Gasteiger partial charge in [0.05, 0.1) is 16.8 Å². The summed E-state index contributed by atoms with van der Waals surface area (Å²) in [7, 11) is 1.64. The molecule has 180 valence electrons. The molecule has 1 atom stereocenters. The van der Waals surface area contributed by atoms with E-state index in [1.165, 1.54) is 11.1 Å². The Morgan fingerprint density at radius 3 is 2.83 bits per heavy atom. The molecule has 0 spiro atoms. The third kappa shape index (κ3) is 5.13. The van der Waals surface area contributed by atoms with Crippen molar-refractivity contribution in [1.82, 2.24) is 25.6 Å². The molecule has 3 heterocycles. The molecule has 0 unspecified atom stereocenters. The molecule has 7 nitrogen and oxygen atoms in total. The molecule has 0 saturated heterocycles. The van der Waals surface area contributed by atoms with Crippen molar-refractivity contribution < 1.29 is 4.79 Å². The number of pyridine rings is 1. The Morgan fingerprint density at radius 1 is 1.09 bits per heavy atom. The van der Waals surface area contributed by atoms with Gasteiger partial charge in [-0.25, -0.2) is 9.97 Å². The standard InChI is InChI=1S/C27H28N6O.H2S/c1-17(21-4-3-5-22-23(27(34)28-2)9-11-30-26(21)22)14-31-25-13-24(32-16-33-25)19-6-7-20-15-29-10-8-18(20)12-19;/h3-7,9,11-13,16-17,29H,8,10,14-15H2,1-2H3,(H,28,34)(H,31,32,33);1H2/t17-;/m1./s1. The van der Waals surface area contributed by atoms with Crippen molar-refractivity contribution in [1.29, 1.82) is 0 Å². The van der Waals surface area contributed by atoms with E-state index in [1.54, 1.807) is 25.6 Å². The van der Waals surface area contributed by atoms with Crippen LogP contribution >= 0.6 is 13.5 Å². The molecule has 0 radical (unpaired) electrons. The van der Waals surface area contributed by atoms with Crippen molar-refractivity contribution >= 4 is 36.1 Å². The Morgan fingerprint density at radius 2 is 1.97 bits per heavy atom. The Bertz CT molecular complexity index is 1360. The van der Waals surface area contributed by atoms with Crippen LogP contribution in [0.3, 0.4) is 0 Å². The smallest absolute Gasteiger partial charge is 0.251 e. The second kappa shape index (κ2) is 10.8. The molecule has 4 aromatic rings. The third-order valence-corrected chi connectivity index (χ3v) is 6.45. The number of nitrogens with one attached hydrogen (secondary N) is 3. The second-order valence-electron chi connectivity index (χ2n) is 8.66. The van der Waals surface area contributed by atoms with Gasteiger partial charge < -0.3 is 16.0 Å². The van der Waals surface area contributed by atoms with Gasteiger partial charge in [-0.2, -0.15) is 13.5 Å². The van der Waals surface area contributed by atoms with Crippen LogP contribution in [0.5, 0.6) is 0 Å². The van der Waals surface area contributed by atoms with Crippen LogP contribution in [-0.4, -0.2) is 41.0 Å². The van der Waals surface area contributed by atoms with Crippen molar-refractivity contribution in [3.63, 3.8) is 0 Å². The fourth-order valence-corrected chi connectivity index (χ4v) is 4.55. The van der Waals surface area contributed by atoms with E-state index in [-0.39, 0.29) is 25.3 Å². The van der Waals surface area contributed by atoms with Crippen LogP contribution < -0.4 is 16.0 Å². The molecule has 1 aliphatic rings. The molecule has 0 aliphatic carbocycles. The van der Waals surface area contributed by atoms with Gasteiger partial charge in [-0.3, -0.25) is 9.78 Å². The number of para-hydroxylation sites is 1. The minimum absolute atomic E-state index is 0. The Kier molecular flexibility index (Phi) is 7.63. The summed E-state index contributed by atoms with van der Waals surface area (Å²) in [5.41, 5.74) is 7.35. The van der Waals surface area contributed by atoms with Gasteiger partial charge in [-0.05, 0) is 41.8 Å². The number of aromatic nitrogens is 3. The van der Waals surface area contributed by atoms with E-state index >= 15 is 0 Å². The molecule has 0 saturated carbocycles. The zero-order valence-electron chi connectivity index (χ0n) is 19.9. The summed E-state index contributed by atoms with van der Waals surface area (Å²) in [6.45, 7) is 4.77. The fourth-order valence-electron chi connectivity index (χ4n) is 4.55. The number of carbonyl (C=O) groups is 1. The fraction of sp³-hybridized carbons (Fsp3) is 0.259. The lowest BCUT2D eigenvalue weighted by molar-refractivity contribution is 0.0964. The Hall–Kier alpha value is -3.49. The maximum absolute atomic E-state index is 12.3. The van der Waals surface area contributed by atoms with Gasteiger partial charge in [0, 0.05) is 49.3 Å². The predicted octanol–water partition coefficient (Wildman–Crippen LogP) is 4.03. The first kappa shape index (κ1) is 24.6. The average molecular weight is 487 g/mol. The topological polar surface area (TPSA) is 91.8 Å². The molecule has 3 N–H and O–H groups in total. The molecule has 2 aromatic carbocycles. The minimum atomic E-state index is -0.109. The molecule has 1 aliphatic heterocycles. The molecular formula is C27H30N6OS. The number of benzene rings is 2. The molecule has 2 aromatic heterocycles. The largest absolute Gasteiger partial charge is 0.369 e. The maximum Gasteiger partial charge on any atom is 0.251 e. The van der Waals surface area contributed by atoms with Gasteiger partial charge in [-0.15, -0.1) is 0 Å². The van der Waals surface area contributed by atoms with E-state index in [2.05, 4.69) is 62.1 Å². The van der Waals surface area contributed by atoms with E-state index in [0.29, 0.717) is 12.1 Å². The average Bonchev–Trinajstić information content (AvgIpc) is 2.90. The lowest BCUT2D eigenvalue weighted by Crippen LogP contribution is -2.23. The molecule has 0 bridgehead atoms. The highest BCUT2D eigenvalue weighted by Crippen LogP contribution is 2.27. The third-order valence-electron chi connectivity index (χ3n) is 6.45. The summed E-state index contributed by atoms with van der Waals surface area (Å²) < 4.78 is 0. The molecule has 5 rings (SSSR count). The number of amides is 1. The Balaban J connectivity index is 0.00000289. The molecule has 8 heteroatoms. The van der Waals surface area contributed by atoms with Crippen LogP contribution in [0.1, 0.15) is 39.9 Å². The Labute approximate surface area is 212 Å². The first-order valence-corrected chi connectivity index (χ1v) is 11.6. The first-order chi connectivity index (χ1) is 16.6. The number of fused-ring (bicyclic) bond motifs is 2. The summed E-state index contributed by atoms with van der Waals surface area (Å²) in [5, 5.41) is 10.4. The van der Waals surface area contributed by atoms with Crippen molar-refractivity contribution in [2.45, 2.75) is 25.8 Å². The summed E-state index contributed by atoms with van der Waals surface area (Å²) in [4.78, 5) is 25.8. The van der Waals surface area contributed by atoms with Crippen LogP contribution in [0, 0.1) is 0 Å². The van der Waals surface area contributed by atoms with E-state index < -0.39 is 0 Å². The van der Waals surface area contributed by atoms with Crippen molar-refractivity contribution in [3.05, 3.63) is 83.3 Å². The van der Waals surface area contributed by atoms with Gasteiger partial charge in [0.1, 0.15) is 12.1 Å². The zero-order valence-corrected chi connectivity index (χ0v) is 20.9. The lowest BCUT2D eigenvalue weighted by atomic mass is 9.96. The molecule has 1 amide bonds. The van der Waals surface area contributed by atoms with Crippen LogP contribution in [0.4, 0.5) is 5.82 Å². The lowest BCUT2D eigenvalue weighted by Gasteiger charge is -2.18. The number of carbonyl (C=O) groups excluding carboxylic acids is 1. The number of rotatable bonds is 6. The first-order valence-electron chi connectivity index (χ1n) is 11.6. The second-order valence-corrected chi connectivity index (χ2v) is 8.66. The van der Waals surface area contributed by atoms with Gasteiger partial charge in [0.15, 0.2) is 0 Å².